The highest BCUT2D eigenvalue weighted by Gasteiger charge is 2.17. The topological polar surface area (TPSA) is 89.2 Å². The van der Waals surface area contributed by atoms with Crippen molar-refractivity contribution in [2.24, 2.45) is 0 Å². The number of aromatic nitrogens is 2. The van der Waals surface area contributed by atoms with Gasteiger partial charge in [0.25, 0.3) is 0 Å². The first-order chi connectivity index (χ1) is 15.6. The van der Waals surface area contributed by atoms with Gasteiger partial charge in [0.15, 0.2) is 0 Å². The van der Waals surface area contributed by atoms with Crippen LogP contribution in [-0.2, 0) is 0 Å². The van der Waals surface area contributed by atoms with Crippen LogP contribution in [-0.4, -0.2) is 9.55 Å². The van der Waals surface area contributed by atoms with Crippen molar-refractivity contribution in [1.82, 2.24) is 9.55 Å². The molecule has 0 fully saturated rings. The maximum absolute atomic E-state index is 9.91. The third kappa shape index (κ3) is 2.88. The number of fused-ring (bicyclic) bond motifs is 3. The van der Waals surface area contributed by atoms with Crippen molar-refractivity contribution < 1.29 is 0 Å². The summed E-state index contributed by atoms with van der Waals surface area (Å²) in [6.45, 7) is 2.02. The molecule has 5 rings (SSSR count). The highest BCUT2D eigenvalue weighted by atomic mass is 15.0. The Balaban J connectivity index is 1.86. The molecule has 0 unspecified atom stereocenters. The largest absolute Gasteiger partial charge is 0.309 e. The summed E-state index contributed by atoms with van der Waals surface area (Å²) in [5.74, 6) is 0. The summed E-state index contributed by atoms with van der Waals surface area (Å²) in [5, 5.41) is 30.5. The Labute approximate surface area is 184 Å². The summed E-state index contributed by atoms with van der Waals surface area (Å²) in [7, 11) is 0. The molecule has 0 saturated heterocycles. The van der Waals surface area contributed by atoms with E-state index in [1.54, 1.807) is 24.5 Å². The standard InChI is InChI=1S/C27H15N5/c1-17-10-22(20-6-8-31-9-7-20)21(16-30)13-27(17)32-25-4-2-18(14-28)11-23(25)24-12-19(15-29)3-5-26(24)32/h2-13H,1H3. The lowest BCUT2D eigenvalue weighted by atomic mass is 9.97. The zero-order valence-electron chi connectivity index (χ0n) is 17.2. The van der Waals surface area contributed by atoms with Crippen LogP contribution >= 0.6 is 0 Å². The third-order valence-corrected chi connectivity index (χ3v) is 5.71. The Morgan fingerprint density at radius 3 is 1.84 bits per heavy atom. The van der Waals surface area contributed by atoms with E-state index in [9.17, 15) is 15.8 Å². The van der Waals surface area contributed by atoms with Gasteiger partial charge >= 0.3 is 0 Å². The number of nitriles is 3. The average Bonchev–Trinajstić information content (AvgIpc) is 3.17. The predicted octanol–water partition coefficient (Wildman–Crippen LogP) is 5.77. The van der Waals surface area contributed by atoms with E-state index in [0.717, 1.165) is 44.2 Å². The van der Waals surface area contributed by atoms with Gasteiger partial charge in [-0.05, 0) is 84.3 Å². The molecule has 0 saturated carbocycles. The number of hydrogen-bond donors (Lipinski definition) is 0. The summed E-state index contributed by atoms with van der Waals surface area (Å²) in [6, 6.07) is 25.5. The van der Waals surface area contributed by atoms with Gasteiger partial charge in [0, 0.05) is 23.2 Å². The van der Waals surface area contributed by atoms with Crippen LogP contribution in [0.2, 0.25) is 0 Å². The zero-order chi connectivity index (χ0) is 22.2. The normalized spacial score (nSPS) is 10.6. The second-order valence-electron chi connectivity index (χ2n) is 7.55. The van der Waals surface area contributed by atoms with Gasteiger partial charge in [-0.15, -0.1) is 0 Å². The number of rotatable bonds is 2. The van der Waals surface area contributed by atoms with Gasteiger partial charge in [0.05, 0.1) is 51.6 Å². The lowest BCUT2D eigenvalue weighted by Gasteiger charge is -2.14. The molecule has 5 heteroatoms. The predicted molar refractivity (Wildman–Crippen MR) is 123 cm³/mol. The molecule has 0 radical (unpaired) electrons. The minimum Gasteiger partial charge on any atom is -0.309 e. The zero-order valence-corrected chi connectivity index (χ0v) is 17.2. The van der Waals surface area contributed by atoms with Crippen molar-refractivity contribution in [2.45, 2.75) is 6.92 Å². The van der Waals surface area contributed by atoms with E-state index in [4.69, 9.17) is 0 Å². The van der Waals surface area contributed by atoms with Crippen molar-refractivity contribution in [2.75, 3.05) is 0 Å². The van der Waals surface area contributed by atoms with Crippen LogP contribution in [0.25, 0.3) is 38.6 Å². The highest BCUT2D eigenvalue weighted by molar-refractivity contribution is 6.10. The van der Waals surface area contributed by atoms with Gasteiger partial charge < -0.3 is 4.57 Å². The van der Waals surface area contributed by atoms with E-state index in [2.05, 4.69) is 27.8 Å². The van der Waals surface area contributed by atoms with Gasteiger partial charge in [-0.3, -0.25) is 4.98 Å². The number of pyridine rings is 1. The monoisotopic (exact) mass is 409 g/mol. The number of nitrogens with zero attached hydrogens (tertiary/aromatic N) is 5. The summed E-state index contributed by atoms with van der Waals surface area (Å²) < 4.78 is 2.10. The van der Waals surface area contributed by atoms with Crippen molar-refractivity contribution in [3.8, 4) is 35.0 Å². The fourth-order valence-electron chi connectivity index (χ4n) is 4.22. The summed E-state index contributed by atoms with van der Waals surface area (Å²) >= 11 is 0. The molecule has 0 N–H and O–H groups in total. The molecular formula is C27H15N5. The molecule has 0 amide bonds. The third-order valence-electron chi connectivity index (χ3n) is 5.71. The van der Waals surface area contributed by atoms with Gasteiger partial charge in [0.2, 0.25) is 0 Å². The van der Waals surface area contributed by atoms with Crippen LogP contribution in [0.3, 0.4) is 0 Å². The van der Waals surface area contributed by atoms with Crippen molar-refractivity contribution in [1.29, 1.82) is 15.8 Å². The van der Waals surface area contributed by atoms with Crippen LogP contribution in [0.4, 0.5) is 0 Å². The van der Waals surface area contributed by atoms with Gasteiger partial charge in [-0.25, -0.2) is 0 Å². The smallest absolute Gasteiger partial charge is 0.0998 e. The van der Waals surface area contributed by atoms with E-state index < -0.39 is 0 Å². The van der Waals surface area contributed by atoms with Crippen LogP contribution in [0.15, 0.2) is 73.1 Å². The fourth-order valence-corrected chi connectivity index (χ4v) is 4.22. The lowest BCUT2D eigenvalue weighted by Crippen LogP contribution is -1.99. The maximum Gasteiger partial charge on any atom is 0.0998 e. The Morgan fingerprint density at radius 1 is 0.719 bits per heavy atom. The molecule has 2 aromatic heterocycles. The summed E-state index contributed by atoms with van der Waals surface area (Å²) in [5.41, 5.74) is 7.19. The first kappa shape index (κ1) is 19.1. The Bertz CT molecular complexity index is 1580. The van der Waals surface area contributed by atoms with E-state index in [1.807, 2.05) is 55.5 Å². The first-order valence-electron chi connectivity index (χ1n) is 9.98. The molecule has 0 bridgehead atoms. The van der Waals surface area contributed by atoms with Gasteiger partial charge in [-0.2, -0.15) is 15.8 Å². The SMILES string of the molecule is Cc1cc(-c2ccncc2)c(C#N)cc1-n1c2ccc(C#N)cc2c2cc(C#N)ccc21. The summed E-state index contributed by atoms with van der Waals surface area (Å²) in [6.07, 6.45) is 3.43. The Hall–Kier alpha value is -4.92. The minimum absolute atomic E-state index is 0.557. The van der Waals surface area contributed by atoms with Crippen LogP contribution in [0.1, 0.15) is 22.3 Å². The van der Waals surface area contributed by atoms with Gasteiger partial charge in [0.1, 0.15) is 0 Å². The molecular weight excluding hydrogens is 394 g/mol. The lowest BCUT2D eigenvalue weighted by molar-refractivity contribution is 1.15. The Morgan fingerprint density at radius 2 is 1.31 bits per heavy atom. The van der Waals surface area contributed by atoms with E-state index in [-0.39, 0.29) is 0 Å². The van der Waals surface area contributed by atoms with Crippen molar-refractivity contribution in [3.05, 3.63) is 95.3 Å². The number of aryl methyl sites for hydroxylation is 1. The van der Waals surface area contributed by atoms with Gasteiger partial charge in [-0.1, -0.05) is 0 Å². The van der Waals surface area contributed by atoms with E-state index in [0.29, 0.717) is 16.7 Å². The van der Waals surface area contributed by atoms with E-state index in [1.165, 1.54) is 0 Å². The molecule has 148 valence electrons. The molecule has 5 nitrogen and oxygen atoms in total. The van der Waals surface area contributed by atoms with Crippen molar-refractivity contribution in [3.63, 3.8) is 0 Å². The second-order valence-corrected chi connectivity index (χ2v) is 7.55. The fraction of sp³-hybridized carbons (Fsp3) is 0.0370. The molecule has 0 spiro atoms. The summed E-state index contributed by atoms with van der Waals surface area (Å²) in [4.78, 5) is 4.07. The highest BCUT2D eigenvalue weighted by Crippen LogP contribution is 2.36. The van der Waals surface area contributed by atoms with Crippen LogP contribution in [0, 0.1) is 40.9 Å². The number of hydrogen-bond acceptors (Lipinski definition) is 4. The molecule has 3 aromatic carbocycles. The van der Waals surface area contributed by atoms with Crippen LogP contribution in [0.5, 0.6) is 0 Å². The van der Waals surface area contributed by atoms with Crippen molar-refractivity contribution >= 4 is 21.8 Å². The molecule has 32 heavy (non-hydrogen) atoms. The molecule has 5 aromatic rings. The molecule has 0 atom stereocenters. The number of benzene rings is 3. The van der Waals surface area contributed by atoms with Crippen LogP contribution < -0.4 is 0 Å². The minimum atomic E-state index is 0.557. The molecule has 0 aliphatic carbocycles. The Kier molecular flexibility index (Phi) is 4.41. The molecule has 0 aliphatic heterocycles. The quantitative estimate of drug-likeness (QED) is 0.370. The maximum atomic E-state index is 9.91. The van der Waals surface area contributed by atoms with E-state index >= 15 is 0 Å². The first-order valence-corrected chi connectivity index (χ1v) is 9.98. The molecule has 2 heterocycles. The molecule has 0 aliphatic rings. The average molecular weight is 409 g/mol. The second kappa shape index (κ2) is 7.40.